The van der Waals surface area contributed by atoms with E-state index >= 15 is 0 Å². The zero-order valence-corrected chi connectivity index (χ0v) is 13.0. The first-order valence-corrected chi connectivity index (χ1v) is 7.38. The number of hydrazine groups is 1. The van der Waals surface area contributed by atoms with E-state index in [9.17, 15) is 4.79 Å². The second-order valence-corrected chi connectivity index (χ2v) is 5.54. The molecular weight excluding hydrogens is 272 g/mol. The molecule has 0 bridgehead atoms. The second-order valence-electron chi connectivity index (χ2n) is 5.54. The molecule has 0 heterocycles. The van der Waals surface area contributed by atoms with Gasteiger partial charge in [-0.3, -0.25) is 10.2 Å². The van der Waals surface area contributed by atoms with Crippen LogP contribution in [0, 0.1) is 5.92 Å². The first-order chi connectivity index (χ1) is 10.6. The number of carbonyl (C=O) groups excluding carboxylic acids is 1. The molecule has 0 aliphatic rings. The lowest BCUT2D eigenvalue weighted by molar-refractivity contribution is 0.0894. The summed E-state index contributed by atoms with van der Waals surface area (Å²) in [4.78, 5) is 12.2. The van der Waals surface area contributed by atoms with E-state index in [1.807, 2.05) is 54.6 Å². The van der Waals surface area contributed by atoms with Crippen LogP contribution in [0.4, 0.5) is 0 Å². The fraction of sp³-hybridized carbons (Fsp3) is 0.211. The fourth-order valence-electron chi connectivity index (χ4n) is 2.32. The molecule has 0 spiro atoms. The van der Waals surface area contributed by atoms with Gasteiger partial charge in [0.25, 0.3) is 5.91 Å². The molecule has 3 nitrogen and oxygen atoms in total. The maximum absolute atomic E-state index is 12.2. The van der Waals surface area contributed by atoms with Gasteiger partial charge in [0.1, 0.15) is 0 Å². The maximum atomic E-state index is 12.2. The summed E-state index contributed by atoms with van der Waals surface area (Å²) < 4.78 is 0. The SMILES string of the molecule is C=C[C@@H](C)[C@@](C)(NNC(=O)c1ccccc1)c1ccccc1. The first kappa shape index (κ1) is 16.0. The zero-order valence-electron chi connectivity index (χ0n) is 13.0. The molecule has 0 saturated carbocycles. The summed E-state index contributed by atoms with van der Waals surface area (Å²) in [7, 11) is 0. The van der Waals surface area contributed by atoms with Crippen LogP contribution < -0.4 is 10.9 Å². The third-order valence-electron chi connectivity index (χ3n) is 4.11. The predicted octanol–water partition coefficient (Wildman–Crippen LogP) is 3.66. The smallest absolute Gasteiger partial charge is 0.265 e. The largest absolute Gasteiger partial charge is 0.287 e. The van der Waals surface area contributed by atoms with E-state index in [1.54, 1.807) is 12.1 Å². The lowest BCUT2D eigenvalue weighted by Gasteiger charge is -2.36. The van der Waals surface area contributed by atoms with Gasteiger partial charge in [-0.1, -0.05) is 61.5 Å². The molecule has 22 heavy (non-hydrogen) atoms. The van der Waals surface area contributed by atoms with Crippen LogP contribution in [0.3, 0.4) is 0 Å². The summed E-state index contributed by atoms with van der Waals surface area (Å²) in [6, 6.07) is 19.2. The third kappa shape index (κ3) is 3.43. The highest BCUT2D eigenvalue weighted by Gasteiger charge is 2.31. The average molecular weight is 294 g/mol. The Balaban J connectivity index is 2.18. The number of hydrogen-bond acceptors (Lipinski definition) is 2. The second kappa shape index (κ2) is 7.05. The molecule has 2 atom stereocenters. The van der Waals surface area contributed by atoms with Crippen molar-refractivity contribution in [3.05, 3.63) is 84.4 Å². The summed E-state index contributed by atoms with van der Waals surface area (Å²) in [5.41, 5.74) is 7.29. The van der Waals surface area contributed by atoms with Crippen molar-refractivity contribution < 1.29 is 4.79 Å². The van der Waals surface area contributed by atoms with Crippen molar-refractivity contribution in [2.45, 2.75) is 19.4 Å². The molecule has 0 aromatic heterocycles. The van der Waals surface area contributed by atoms with Crippen molar-refractivity contribution in [1.29, 1.82) is 0 Å². The number of rotatable bonds is 6. The summed E-state index contributed by atoms with van der Waals surface area (Å²) in [5.74, 6) is -0.0232. The summed E-state index contributed by atoms with van der Waals surface area (Å²) in [6.07, 6.45) is 1.88. The van der Waals surface area contributed by atoms with Gasteiger partial charge in [-0.15, -0.1) is 6.58 Å². The minimum Gasteiger partial charge on any atom is -0.287 e. The Morgan fingerprint density at radius 3 is 2.18 bits per heavy atom. The van der Waals surface area contributed by atoms with Gasteiger partial charge in [0.05, 0.1) is 5.54 Å². The minimum absolute atomic E-state index is 0.131. The Morgan fingerprint density at radius 1 is 1.09 bits per heavy atom. The van der Waals surface area contributed by atoms with Gasteiger partial charge in [0.2, 0.25) is 0 Å². The molecule has 2 N–H and O–H groups in total. The van der Waals surface area contributed by atoms with Crippen molar-refractivity contribution >= 4 is 5.91 Å². The minimum atomic E-state index is -0.437. The number of nitrogens with one attached hydrogen (secondary N) is 2. The van der Waals surface area contributed by atoms with Gasteiger partial charge < -0.3 is 0 Å². The summed E-state index contributed by atoms with van der Waals surface area (Å²) in [5, 5.41) is 0. The Labute approximate surface area is 132 Å². The normalized spacial score (nSPS) is 14.6. The van der Waals surface area contributed by atoms with E-state index in [-0.39, 0.29) is 11.8 Å². The molecule has 0 unspecified atom stereocenters. The lowest BCUT2D eigenvalue weighted by atomic mass is 9.81. The number of carbonyl (C=O) groups is 1. The summed E-state index contributed by atoms with van der Waals surface area (Å²) >= 11 is 0. The first-order valence-electron chi connectivity index (χ1n) is 7.38. The monoisotopic (exact) mass is 294 g/mol. The van der Waals surface area contributed by atoms with E-state index in [0.29, 0.717) is 5.56 Å². The Morgan fingerprint density at radius 2 is 1.64 bits per heavy atom. The van der Waals surface area contributed by atoms with E-state index in [4.69, 9.17) is 0 Å². The molecule has 2 rings (SSSR count). The van der Waals surface area contributed by atoms with Gasteiger partial charge in [0, 0.05) is 5.56 Å². The van der Waals surface area contributed by atoms with E-state index in [1.165, 1.54) is 0 Å². The molecule has 0 aliphatic heterocycles. The van der Waals surface area contributed by atoms with Crippen molar-refractivity contribution in [2.24, 2.45) is 5.92 Å². The van der Waals surface area contributed by atoms with E-state index in [2.05, 4.69) is 31.3 Å². The Hall–Kier alpha value is -2.39. The van der Waals surface area contributed by atoms with Crippen molar-refractivity contribution in [3.8, 4) is 0 Å². The molecular formula is C19H22N2O. The summed E-state index contributed by atoms with van der Waals surface area (Å²) in [6.45, 7) is 8.01. The topological polar surface area (TPSA) is 41.1 Å². The van der Waals surface area contributed by atoms with Crippen LogP contribution in [0.25, 0.3) is 0 Å². The molecule has 114 valence electrons. The van der Waals surface area contributed by atoms with Gasteiger partial charge in [-0.25, -0.2) is 5.43 Å². The fourth-order valence-corrected chi connectivity index (χ4v) is 2.32. The number of amides is 1. The highest BCUT2D eigenvalue weighted by Crippen LogP contribution is 2.29. The van der Waals surface area contributed by atoms with Crippen LogP contribution in [0.15, 0.2) is 73.3 Å². The average Bonchev–Trinajstić information content (AvgIpc) is 2.60. The van der Waals surface area contributed by atoms with Crippen molar-refractivity contribution in [1.82, 2.24) is 10.9 Å². The third-order valence-corrected chi connectivity index (χ3v) is 4.11. The Kier molecular flexibility index (Phi) is 5.12. The highest BCUT2D eigenvalue weighted by molar-refractivity contribution is 5.93. The maximum Gasteiger partial charge on any atom is 0.265 e. The van der Waals surface area contributed by atoms with Crippen LogP contribution in [0.2, 0.25) is 0 Å². The molecule has 3 heteroatoms. The van der Waals surface area contributed by atoms with Gasteiger partial charge in [-0.05, 0) is 30.5 Å². The molecule has 0 aliphatic carbocycles. The van der Waals surface area contributed by atoms with Crippen LogP contribution in [0.1, 0.15) is 29.8 Å². The zero-order chi connectivity index (χ0) is 16.0. The molecule has 0 fully saturated rings. The highest BCUT2D eigenvalue weighted by atomic mass is 16.2. The standard InChI is InChI=1S/C19H22N2O/c1-4-15(2)19(3,17-13-9-6-10-14-17)21-20-18(22)16-11-7-5-8-12-16/h4-15,21H,1H2,2-3H3,(H,20,22)/t15-,19-/m1/s1. The van der Waals surface area contributed by atoms with Crippen molar-refractivity contribution in [2.75, 3.05) is 0 Å². The van der Waals surface area contributed by atoms with E-state index in [0.717, 1.165) is 5.56 Å². The molecule has 2 aromatic rings. The van der Waals surface area contributed by atoms with E-state index < -0.39 is 5.54 Å². The molecule has 2 aromatic carbocycles. The van der Waals surface area contributed by atoms with Gasteiger partial charge >= 0.3 is 0 Å². The van der Waals surface area contributed by atoms with Crippen molar-refractivity contribution in [3.63, 3.8) is 0 Å². The predicted molar refractivity (Wildman–Crippen MR) is 90.2 cm³/mol. The quantitative estimate of drug-likeness (QED) is 0.630. The number of hydrogen-bond donors (Lipinski definition) is 2. The number of benzene rings is 2. The molecule has 1 amide bonds. The van der Waals surface area contributed by atoms with Crippen LogP contribution in [-0.2, 0) is 5.54 Å². The van der Waals surface area contributed by atoms with Crippen LogP contribution in [-0.4, -0.2) is 5.91 Å². The van der Waals surface area contributed by atoms with Crippen LogP contribution in [0.5, 0.6) is 0 Å². The molecule has 0 saturated heterocycles. The molecule has 0 radical (unpaired) electrons. The van der Waals surface area contributed by atoms with Gasteiger partial charge in [0.15, 0.2) is 0 Å². The Bertz CT molecular complexity index is 624. The van der Waals surface area contributed by atoms with Crippen LogP contribution >= 0.6 is 0 Å². The lowest BCUT2D eigenvalue weighted by Crippen LogP contribution is -2.53. The van der Waals surface area contributed by atoms with Gasteiger partial charge in [-0.2, -0.15) is 0 Å².